The van der Waals surface area contributed by atoms with Gasteiger partial charge in [-0.05, 0) is 37.1 Å². The summed E-state index contributed by atoms with van der Waals surface area (Å²) >= 11 is 0. The van der Waals surface area contributed by atoms with Crippen molar-refractivity contribution in [2.24, 2.45) is 17.8 Å². The second kappa shape index (κ2) is 8.08. The number of amidine groups is 1. The zero-order valence-corrected chi connectivity index (χ0v) is 17.9. The van der Waals surface area contributed by atoms with Crippen molar-refractivity contribution in [2.75, 3.05) is 18.5 Å². The maximum atomic E-state index is 13.8. The molecule has 1 aliphatic heterocycles. The number of fused-ring (bicyclic) bond motifs is 1. The molecule has 9 heteroatoms. The van der Waals surface area contributed by atoms with E-state index in [1.54, 1.807) is 16.9 Å². The fourth-order valence-corrected chi connectivity index (χ4v) is 3.88. The number of anilines is 1. The maximum absolute atomic E-state index is 13.8. The van der Waals surface area contributed by atoms with Crippen LogP contribution in [0, 0.1) is 12.7 Å². The van der Waals surface area contributed by atoms with E-state index in [0.29, 0.717) is 24.5 Å². The summed E-state index contributed by atoms with van der Waals surface area (Å²) in [5, 5.41) is 12.4. The van der Waals surface area contributed by atoms with Crippen LogP contribution in [0.2, 0.25) is 0 Å². The van der Waals surface area contributed by atoms with Gasteiger partial charge in [0, 0.05) is 37.2 Å². The van der Waals surface area contributed by atoms with E-state index in [1.165, 1.54) is 12.1 Å². The van der Waals surface area contributed by atoms with Crippen LogP contribution in [0.3, 0.4) is 0 Å². The molecule has 1 atom stereocenters. The fraction of sp³-hybridized carbons (Fsp3) is 0.261. The van der Waals surface area contributed by atoms with Crippen LogP contribution in [0.1, 0.15) is 17.5 Å². The Morgan fingerprint density at radius 2 is 2.09 bits per heavy atom. The van der Waals surface area contributed by atoms with Gasteiger partial charge in [0.15, 0.2) is 0 Å². The summed E-state index contributed by atoms with van der Waals surface area (Å²) in [5.74, 6) is -0.0934. The third-order valence-electron chi connectivity index (χ3n) is 5.64. The number of benzene rings is 1. The molecule has 0 radical (unpaired) electrons. The lowest BCUT2D eigenvalue weighted by atomic mass is 10.1. The molecule has 1 saturated heterocycles. The van der Waals surface area contributed by atoms with Gasteiger partial charge in [-0.2, -0.15) is 10.2 Å². The van der Waals surface area contributed by atoms with Crippen molar-refractivity contribution in [3.8, 4) is 11.1 Å². The van der Waals surface area contributed by atoms with E-state index in [4.69, 9.17) is 10.5 Å². The van der Waals surface area contributed by atoms with Crippen LogP contribution in [-0.4, -0.2) is 44.5 Å². The molecule has 3 N–H and O–H groups in total. The summed E-state index contributed by atoms with van der Waals surface area (Å²) in [6, 6.07) is 6.67. The fourth-order valence-electron chi connectivity index (χ4n) is 3.88. The van der Waals surface area contributed by atoms with Crippen LogP contribution in [0.15, 0.2) is 54.0 Å². The number of aliphatic imine (C=N–C) groups is 1. The van der Waals surface area contributed by atoms with Gasteiger partial charge >= 0.3 is 0 Å². The van der Waals surface area contributed by atoms with Crippen LogP contribution in [-0.2, 0) is 11.8 Å². The third-order valence-corrected chi connectivity index (χ3v) is 5.64. The number of nitrogens with zero attached hydrogens (tertiary/aromatic N) is 5. The standard InChI is InChI=1S/C23H24FN7O/c1-14-3-4-17(24)8-20(14)29-23(25)19-10-27-31-12-15(16-9-26-30(2)11-16)7-21(31)22(19)28-18-5-6-32-13-18/h3-4,7-12,18,28H,5-6,13H2,1-2H3,(H2,25,29). The Morgan fingerprint density at radius 3 is 2.84 bits per heavy atom. The van der Waals surface area contributed by atoms with Gasteiger partial charge in [0.1, 0.15) is 11.7 Å². The molecule has 0 spiro atoms. The molecule has 32 heavy (non-hydrogen) atoms. The van der Waals surface area contributed by atoms with Crippen LogP contribution < -0.4 is 11.1 Å². The Labute approximate surface area is 184 Å². The molecule has 5 rings (SSSR count). The lowest BCUT2D eigenvalue weighted by molar-refractivity contribution is 0.195. The number of aromatic nitrogens is 4. The van der Waals surface area contributed by atoms with Gasteiger partial charge in [0.25, 0.3) is 0 Å². The number of rotatable bonds is 5. The maximum Gasteiger partial charge on any atom is 0.135 e. The Hall–Kier alpha value is -3.72. The highest BCUT2D eigenvalue weighted by Gasteiger charge is 2.21. The molecular weight excluding hydrogens is 409 g/mol. The molecule has 1 aromatic carbocycles. The van der Waals surface area contributed by atoms with E-state index in [0.717, 1.165) is 34.3 Å². The normalized spacial score (nSPS) is 16.7. The number of aryl methyl sites for hydroxylation is 2. The van der Waals surface area contributed by atoms with Crippen LogP contribution in [0.25, 0.3) is 16.6 Å². The molecule has 8 nitrogen and oxygen atoms in total. The summed E-state index contributed by atoms with van der Waals surface area (Å²) in [7, 11) is 1.88. The first kappa shape index (κ1) is 20.2. The van der Waals surface area contributed by atoms with Crippen molar-refractivity contribution in [3.63, 3.8) is 0 Å². The van der Waals surface area contributed by atoms with E-state index in [9.17, 15) is 4.39 Å². The average Bonchev–Trinajstić information content (AvgIpc) is 3.51. The summed E-state index contributed by atoms with van der Waals surface area (Å²) in [6.45, 7) is 3.20. The zero-order valence-electron chi connectivity index (χ0n) is 17.9. The highest BCUT2D eigenvalue weighted by Crippen LogP contribution is 2.30. The van der Waals surface area contributed by atoms with Crippen molar-refractivity contribution in [1.82, 2.24) is 19.4 Å². The SMILES string of the molecule is Cc1ccc(F)cc1N=C(N)c1cnn2cc(-c3cnn(C)c3)cc2c1NC1CCOC1. The third kappa shape index (κ3) is 3.82. The molecule has 1 fully saturated rings. The van der Waals surface area contributed by atoms with Gasteiger partial charge in [-0.1, -0.05) is 6.07 Å². The van der Waals surface area contributed by atoms with E-state index >= 15 is 0 Å². The second-order valence-electron chi connectivity index (χ2n) is 8.03. The summed E-state index contributed by atoms with van der Waals surface area (Å²) in [4.78, 5) is 4.52. The Bertz CT molecular complexity index is 1320. The first-order chi connectivity index (χ1) is 15.5. The number of hydrogen-bond acceptors (Lipinski definition) is 5. The minimum absolute atomic E-state index is 0.153. The Morgan fingerprint density at radius 1 is 1.22 bits per heavy atom. The smallest absolute Gasteiger partial charge is 0.135 e. The molecule has 1 aliphatic rings. The highest BCUT2D eigenvalue weighted by atomic mass is 19.1. The lowest BCUT2D eigenvalue weighted by Crippen LogP contribution is -2.24. The zero-order chi connectivity index (χ0) is 22.2. The van der Waals surface area contributed by atoms with Gasteiger partial charge < -0.3 is 15.8 Å². The Balaban J connectivity index is 1.63. The number of hydrogen-bond donors (Lipinski definition) is 2. The first-order valence-electron chi connectivity index (χ1n) is 10.4. The molecular formula is C23H24FN7O. The summed E-state index contributed by atoms with van der Waals surface area (Å²) in [6.07, 6.45) is 8.30. The van der Waals surface area contributed by atoms with E-state index in [1.807, 2.05) is 43.1 Å². The predicted molar refractivity (Wildman–Crippen MR) is 122 cm³/mol. The van der Waals surface area contributed by atoms with Gasteiger partial charge in [-0.3, -0.25) is 4.68 Å². The minimum atomic E-state index is -0.357. The number of halogens is 1. The number of ether oxygens (including phenoxy) is 1. The molecule has 1 unspecified atom stereocenters. The average molecular weight is 433 g/mol. The van der Waals surface area contributed by atoms with E-state index in [2.05, 4.69) is 20.5 Å². The topological polar surface area (TPSA) is 94.8 Å². The molecule has 3 aromatic heterocycles. The van der Waals surface area contributed by atoms with Crippen molar-refractivity contribution < 1.29 is 9.13 Å². The largest absolute Gasteiger partial charge is 0.383 e. The lowest BCUT2D eigenvalue weighted by Gasteiger charge is -2.17. The van der Waals surface area contributed by atoms with Gasteiger partial charge in [0.05, 0.1) is 47.5 Å². The minimum Gasteiger partial charge on any atom is -0.383 e. The van der Waals surface area contributed by atoms with Crippen molar-refractivity contribution in [3.05, 3.63) is 66.0 Å². The highest BCUT2D eigenvalue weighted by molar-refractivity contribution is 6.06. The first-order valence-corrected chi connectivity index (χ1v) is 10.4. The predicted octanol–water partition coefficient (Wildman–Crippen LogP) is 3.42. The molecule has 0 bridgehead atoms. The van der Waals surface area contributed by atoms with Crippen LogP contribution in [0.5, 0.6) is 0 Å². The second-order valence-corrected chi connectivity index (χ2v) is 8.03. The summed E-state index contributed by atoms with van der Waals surface area (Å²) < 4.78 is 22.9. The van der Waals surface area contributed by atoms with Gasteiger partial charge in [0.2, 0.25) is 0 Å². The molecule has 4 aromatic rings. The monoisotopic (exact) mass is 433 g/mol. The van der Waals surface area contributed by atoms with E-state index < -0.39 is 0 Å². The van der Waals surface area contributed by atoms with Crippen molar-refractivity contribution in [2.45, 2.75) is 19.4 Å². The Kier molecular flexibility index (Phi) is 5.10. The molecule has 4 heterocycles. The number of nitrogens with one attached hydrogen (secondary N) is 1. The molecule has 164 valence electrons. The van der Waals surface area contributed by atoms with Gasteiger partial charge in [-0.25, -0.2) is 13.9 Å². The quantitative estimate of drug-likeness (QED) is 0.372. The number of nitrogens with two attached hydrogens (primary N) is 1. The van der Waals surface area contributed by atoms with Crippen LogP contribution >= 0.6 is 0 Å². The molecule has 0 saturated carbocycles. The van der Waals surface area contributed by atoms with Crippen molar-refractivity contribution in [1.29, 1.82) is 0 Å². The van der Waals surface area contributed by atoms with Crippen molar-refractivity contribution >= 4 is 22.7 Å². The molecule has 0 amide bonds. The van der Waals surface area contributed by atoms with Gasteiger partial charge in [-0.15, -0.1) is 0 Å². The van der Waals surface area contributed by atoms with E-state index in [-0.39, 0.29) is 17.7 Å². The summed E-state index contributed by atoms with van der Waals surface area (Å²) in [5.41, 5.74) is 12.1. The molecule has 0 aliphatic carbocycles. The van der Waals surface area contributed by atoms with Crippen LogP contribution in [0.4, 0.5) is 15.8 Å².